The molecule has 0 unspecified atom stereocenters. The van der Waals surface area contributed by atoms with Crippen molar-refractivity contribution in [1.29, 1.82) is 5.41 Å². The highest BCUT2D eigenvalue weighted by Gasteiger charge is 2.27. The van der Waals surface area contributed by atoms with Crippen LogP contribution >= 0.6 is 22.9 Å². The average Bonchev–Trinajstić information content (AvgIpc) is 3.14. The number of carbonyl (C=O) groups excluding carboxylic acids is 1. The monoisotopic (exact) mass is 438 g/mol. The summed E-state index contributed by atoms with van der Waals surface area (Å²) in [5, 5.41) is 10.9. The van der Waals surface area contributed by atoms with Crippen molar-refractivity contribution in [3.8, 4) is 11.4 Å². The molecule has 0 aliphatic heterocycles. The number of methoxy groups -OCH3 is 1. The summed E-state index contributed by atoms with van der Waals surface area (Å²) in [7, 11) is 2.88. The second-order valence-corrected chi connectivity index (χ2v) is 7.04. The number of esters is 1. The Kier molecular flexibility index (Phi) is 7.40. The van der Waals surface area contributed by atoms with Gasteiger partial charge in [0, 0.05) is 36.8 Å². The highest BCUT2D eigenvalue weighted by atomic mass is 35.5. The van der Waals surface area contributed by atoms with Gasteiger partial charge in [0.25, 0.3) is 0 Å². The number of pyridine rings is 1. The van der Waals surface area contributed by atoms with Gasteiger partial charge in [-0.05, 0) is 19.9 Å². The highest BCUT2D eigenvalue weighted by molar-refractivity contribution is 7.16. The minimum absolute atomic E-state index is 0.0629. The van der Waals surface area contributed by atoms with E-state index < -0.39 is 11.8 Å². The number of hydrogen-bond acceptors (Lipinski definition) is 9. The number of carbonyl (C=O) groups is 1. The first-order chi connectivity index (χ1) is 13.8. The lowest BCUT2D eigenvalue weighted by atomic mass is 10.1. The van der Waals surface area contributed by atoms with E-state index in [1.54, 1.807) is 20.0 Å². The Morgan fingerprint density at radius 1 is 1.48 bits per heavy atom. The van der Waals surface area contributed by atoms with Gasteiger partial charge in [-0.25, -0.2) is 19.2 Å². The van der Waals surface area contributed by atoms with E-state index in [9.17, 15) is 9.18 Å². The SMILES string of the molecule is CCN=C(C(F)=C(C)N)c1nc(-c2nc(Cl)cc(NC)c2C=N)c(C(=O)OC)s1. The van der Waals surface area contributed by atoms with Gasteiger partial charge in [0.15, 0.2) is 5.83 Å². The zero-order valence-corrected chi connectivity index (χ0v) is 17.8. The van der Waals surface area contributed by atoms with Gasteiger partial charge < -0.3 is 21.2 Å². The summed E-state index contributed by atoms with van der Waals surface area (Å²) in [5.74, 6) is -1.41. The number of nitrogens with zero attached hydrogens (tertiary/aromatic N) is 3. The number of nitrogens with two attached hydrogens (primary N) is 1. The standard InChI is InChI=1S/C18H20ClFN6O2S/c1-5-24-14(12(20)8(2)22)17-26-15(16(29-17)18(27)28-4)13-9(7-21)10(23-3)6-11(19)25-13/h6-7,21H,5,22H2,1-4H3,(H,23,25). The van der Waals surface area contributed by atoms with Gasteiger partial charge in [0.2, 0.25) is 0 Å². The Morgan fingerprint density at radius 3 is 2.69 bits per heavy atom. The van der Waals surface area contributed by atoms with Crippen LogP contribution in [0.2, 0.25) is 5.15 Å². The number of halogens is 2. The van der Waals surface area contributed by atoms with E-state index >= 15 is 0 Å². The van der Waals surface area contributed by atoms with Crippen LogP contribution in [0.4, 0.5) is 10.1 Å². The zero-order chi connectivity index (χ0) is 21.7. The maximum Gasteiger partial charge on any atom is 0.350 e. The third-order valence-electron chi connectivity index (χ3n) is 3.74. The second-order valence-electron chi connectivity index (χ2n) is 5.66. The van der Waals surface area contributed by atoms with Crippen molar-refractivity contribution in [2.75, 3.05) is 26.0 Å². The number of anilines is 1. The van der Waals surface area contributed by atoms with Crippen LogP contribution in [0.5, 0.6) is 0 Å². The van der Waals surface area contributed by atoms with Crippen molar-refractivity contribution < 1.29 is 13.9 Å². The molecule has 0 amide bonds. The zero-order valence-electron chi connectivity index (χ0n) is 16.3. The first-order valence-corrected chi connectivity index (χ1v) is 9.63. The van der Waals surface area contributed by atoms with Gasteiger partial charge >= 0.3 is 5.97 Å². The Bertz CT molecular complexity index is 1010. The molecule has 2 aromatic heterocycles. The van der Waals surface area contributed by atoms with Crippen LogP contribution < -0.4 is 11.1 Å². The first-order valence-electron chi connectivity index (χ1n) is 8.44. The molecule has 0 saturated heterocycles. The Morgan fingerprint density at radius 2 is 2.17 bits per heavy atom. The molecule has 2 heterocycles. The lowest BCUT2D eigenvalue weighted by Gasteiger charge is -2.10. The quantitative estimate of drug-likeness (QED) is 0.344. The molecular weight excluding hydrogens is 419 g/mol. The molecular formula is C18H20ClFN6O2S. The lowest BCUT2D eigenvalue weighted by molar-refractivity contribution is 0.0607. The summed E-state index contributed by atoms with van der Waals surface area (Å²) in [6.45, 7) is 3.42. The van der Waals surface area contributed by atoms with Gasteiger partial charge in [-0.15, -0.1) is 11.3 Å². The second kappa shape index (κ2) is 9.57. The molecule has 0 spiro atoms. The van der Waals surface area contributed by atoms with E-state index in [1.807, 2.05) is 0 Å². The number of hydrogen-bond donors (Lipinski definition) is 3. The Labute approximate surface area is 176 Å². The summed E-state index contributed by atoms with van der Waals surface area (Å²) in [5.41, 5.74) is 6.64. The average molecular weight is 439 g/mol. The number of aromatic nitrogens is 2. The van der Waals surface area contributed by atoms with Gasteiger partial charge in [0.05, 0.1) is 7.11 Å². The molecule has 0 aromatic carbocycles. The van der Waals surface area contributed by atoms with Crippen LogP contribution in [0.25, 0.3) is 11.4 Å². The predicted octanol–water partition coefficient (Wildman–Crippen LogP) is 3.65. The molecule has 2 rings (SSSR count). The van der Waals surface area contributed by atoms with Crippen LogP contribution in [0.3, 0.4) is 0 Å². The number of rotatable bonds is 7. The first kappa shape index (κ1) is 22.4. The van der Waals surface area contributed by atoms with Gasteiger partial charge in [-0.3, -0.25) is 4.99 Å². The number of nitrogens with one attached hydrogen (secondary N) is 2. The van der Waals surface area contributed by atoms with Crippen LogP contribution in [0.15, 0.2) is 22.6 Å². The predicted molar refractivity (Wildman–Crippen MR) is 114 cm³/mol. The smallest absolute Gasteiger partial charge is 0.350 e. The largest absolute Gasteiger partial charge is 0.465 e. The molecule has 11 heteroatoms. The lowest BCUT2D eigenvalue weighted by Crippen LogP contribution is -2.08. The maximum atomic E-state index is 14.6. The number of ether oxygens (including phenoxy) is 1. The third-order valence-corrected chi connectivity index (χ3v) is 4.97. The van der Waals surface area contributed by atoms with E-state index in [4.69, 9.17) is 27.5 Å². The Balaban J connectivity index is 2.86. The van der Waals surface area contributed by atoms with Crippen molar-refractivity contribution in [2.45, 2.75) is 13.8 Å². The minimum atomic E-state index is -0.731. The van der Waals surface area contributed by atoms with E-state index in [-0.39, 0.29) is 44.4 Å². The molecule has 8 nitrogen and oxygen atoms in total. The normalized spacial score (nSPS) is 12.4. The van der Waals surface area contributed by atoms with E-state index in [2.05, 4.69) is 20.3 Å². The Hall–Kier alpha value is -2.85. The molecule has 0 radical (unpaired) electrons. The van der Waals surface area contributed by atoms with Crippen LogP contribution in [0, 0.1) is 5.41 Å². The molecule has 0 aliphatic carbocycles. The molecule has 29 heavy (non-hydrogen) atoms. The van der Waals surface area contributed by atoms with E-state index in [0.29, 0.717) is 11.3 Å². The van der Waals surface area contributed by atoms with Crippen molar-refractivity contribution in [2.24, 2.45) is 10.7 Å². The minimum Gasteiger partial charge on any atom is -0.465 e. The molecule has 2 aromatic rings. The summed E-state index contributed by atoms with van der Waals surface area (Å²) in [4.78, 5) is 25.2. The number of thiazole rings is 1. The van der Waals surface area contributed by atoms with Crippen molar-refractivity contribution >= 4 is 46.5 Å². The molecule has 0 saturated carbocycles. The van der Waals surface area contributed by atoms with Crippen LogP contribution in [-0.4, -0.2) is 48.6 Å². The van der Waals surface area contributed by atoms with Crippen molar-refractivity contribution in [3.05, 3.63) is 38.2 Å². The van der Waals surface area contributed by atoms with Crippen molar-refractivity contribution in [3.63, 3.8) is 0 Å². The molecule has 4 N–H and O–H groups in total. The molecule has 154 valence electrons. The summed E-state index contributed by atoms with van der Waals surface area (Å²) < 4.78 is 19.5. The summed E-state index contributed by atoms with van der Waals surface area (Å²) >= 11 is 7.00. The molecule has 0 atom stereocenters. The molecule has 0 bridgehead atoms. The maximum absolute atomic E-state index is 14.6. The fraction of sp³-hybridized carbons (Fsp3) is 0.278. The number of aliphatic imine (C=N–C) groups is 1. The molecule has 0 aliphatic rings. The third kappa shape index (κ3) is 4.60. The molecule has 0 fully saturated rings. The van der Waals surface area contributed by atoms with Gasteiger partial charge in [0.1, 0.15) is 32.1 Å². The van der Waals surface area contributed by atoms with Crippen LogP contribution in [0.1, 0.15) is 34.1 Å². The highest BCUT2D eigenvalue weighted by Crippen LogP contribution is 2.34. The van der Waals surface area contributed by atoms with Gasteiger partial charge in [-0.2, -0.15) is 0 Å². The van der Waals surface area contributed by atoms with E-state index in [1.165, 1.54) is 14.0 Å². The van der Waals surface area contributed by atoms with Crippen LogP contribution in [-0.2, 0) is 4.74 Å². The summed E-state index contributed by atoms with van der Waals surface area (Å²) in [6, 6.07) is 1.54. The topological polar surface area (TPSA) is 126 Å². The summed E-state index contributed by atoms with van der Waals surface area (Å²) in [6.07, 6.45) is 1.07. The van der Waals surface area contributed by atoms with Gasteiger partial charge in [-0.1, -0.05) is 11.6 Å². The fourth-order valence-electron chi connectivity index (χ4n) is 2.45. The van der Waals surface area contributed by atoms with Crippen molar-refractivity contribution in [1.82, 2.24) is 9.97 Å². The fourth-order valence-corrected chi connectivity index (χ4v) is 3.63. The van der Waals surface area contributed by atoms with E-state index in [0.717, 1.165) is 17.6 Å². The number of allylic oxidation sites excluding steroid dienone is 2.